The van der Waals surface area contributed by atoms with E-state index in [4.69, 9.17) is 0 Å². The van der Waals surface area contributed by atoms with Gasteiger partial charge in [-0.25, -0.2) is 8.78 Å². The van der Waals surface area contributed by atoms with E-state index in [0.29, 0.717) is 5.56 Å². The molecule has 17 heavy (non-hydrogen) atoms. The molecule has 2 aromatic rings. The van der Waals surface area contributed by atoms with Crippen molar-refractivity contribution in [1.29, 1.82) is 0 Å². The lowest BCUT2D eigenvalue weighted by atomic mass is 10.0. The summed E-state index contributed by atoms with van der Waals surface area (Å²) in [6, 6.07) is 4.06. The highest BCUT2D eigenvalue weighted by Gasteiger charge is 2.16. The van der Waals surface area contributed by atoms with Crippen LogP contribution in [0.1, 0.15) is 15.9 Å². The maximum Gasteiger partial charge on any atom is 0.168 e. The fourth-order valence-electron chi connectivity index (χ4n) is 1.42. The van der Waals surface area contributed by atoms with Crippen LogP contribution in [0.3, 0.4) is 0 Å². The van der Waals surface area contributed by atoms with Gasteiger partial charge in [-0.1, -0.05) is 0 Å². The molecule has 2 rings (SSSR count). The molecule has 0 atom stereocenters. The van der Waals surface area contributed by atoms with E-state index in [2.05, 4.69) is 15.9 Å². The quantitative estimate of drug-likeness (QED) is 0.612. The second-order valence-electron chi connectivity index (χ2n) is 3.43. The molecule has 1 nitrogen and oxygen atoms in total. The summed E-state index contributed by atoms with van der Waals surface area (Å²) in [4.78, 5) is 11.7. The van der Waals surface area contributed by atoms with E-state index in [-0.39, 0.29) is 22.2 Å². The van der Waals surface area contributed by atoms with Gasteiger partial charge in [-0.2, -0.15) is 11.3 Å². The number of thiophene rings is 1. The van der Waals surface area contributed by atoms with E-state index >= 15 is 0 Å². The van der Waals surface area contributed by atoms with Gasteiger partial charge in [-0.15, -0.1) is 0 Å². The zero-order chi connectivity index (χ0) is 12.4. The third kappa shape index (κ3) is 2.61. The van der Waals surface area contributed by atoms with E-state index in [1.54, 1.807) is 16.8 Å². The van der Waals surface area contributed by atoms with Gasteiger partial charge in [0, 0.05) is 22.9 Å². The van der Waals surface area contributed by atoms with Crippen molar-refractivity contribution in [2.24, 2.45) is 0 Å². The van der Waals surface area contributed by atoms with Crippen molar-refractivity contribution in [3.8, 4) is 0 Å². The lowest BCUT2D eigenvalue weighted by molar-refractivity contribution is 0.0991. The minimum Gasteiger partial charge on any atom is -0.294 e. The van der Waals surface area contributed by atoms with Gasteiger partial charge in [-0.3, -0.25) is 4.79 Å². The van der Waals surface area contributed by atoms with Crippen LogP contribution in [-0.4, -0.2) is 5.78 Å². The molecule has 0 unspecified atom stereocenters. The van der Waals surface area contributed by atoms with Crippen molar-refractivity contribution in [3.63, 3.8) is 0 Å². The molecular weight excluding hydrogens is 310 g/mol. The molecule has 5 heteroatoms. The number of halogens is 3. The van der Waals surface area contributed by atoms with Crippen molar-refractivity contribution >= 4 is 33.0 Å². The normalized spacial score (nSPS) is 10.5. The van der Waals surface area contributed by atoms with Crippen LogP contribution in [0.4, 0.5) is 8.78 Å². The van der Waals surface area contributed by atoms with Gasteiger partial charge in [0.2, 0.25) is 0 Å². The molecule has 88 valence electrons. The van der Waals surface area contributed by atoms with Gasteiger partial charge >= 0.3 is 0 Å². The summed E-state index contributed by atoms with van der Waals surface area (Å²) in [6.45, 7) is 0. The van der Waals surface area contributed by atoms with Crippen LogP contribution in [0, 0.1) is 11.6 Å². The molecule has 0 saturated heterocycles. The van der Waals surface area contributed by atoms with Crippen molar-refractivity contribution in [3.05, 3.63) is 56.2 Å². The number of Topliss-reactive ketones (excluding diaryl/α,β-unsaturated/α-hetero) is 1. The third-order valence-corrected chi connectivity index (χ3v) is 3.62. The van der Waals surface area contributed by atoms with Crippen LogP contribution in [0.5, 0.6) is 0 Å². The van der Waals surface area contributed by atoms with Crippen LogP contribution in [-0.2, 0) is 6.42 Å². The van der Waals surface area contributed by atoms with E-state index in [1.807, 2.05) is 0 Å². The van der Waals surface area contributed by atoms with E-state index in [9.17, 15) is 13.6 Å². The second kappa shape index (κ2) is 5.06. The summed E-state index contributed by atoms with van der Waals surface area (Å²) in [5, 5.41) is 3.41. The molecule has 1 aromatic carbocycles. The molecular formula is C12H7BrF2OS. The van der Waals surface area contributed by atoms with Gasteiger partial charge in [0.1, 0.15) is 11.6 Å². The van der Waals surface area contributed by atoms with Crippen LogP contribution in [0.15, 0.2) is 33.4 Å². The molecule has 0 N–H and O–H groups in total. The van der Waals surface area contributed by atoms with Gasteiger partial charge in [0.05, 0.1) is 4.47 Å². The Morgan fingerprint density at radius 1 is 1.29 bits per heavy atom. The molecule has 0 aliphatic heterocycles. The van der Waals surface area contributed by atoms with Gasteiger partial charge < -0.3 is 0 Å². The Morgan fingerprint density at radius 2 is 2.06 bits per heavy atom. The topological polar surface area (TPSA) is 17.1 Å². The Bertz CT molecular complexity index is 552. The highest BCUT2D eigenvalue weighted by atomic mass is 79.9. The third-order valence-electron chi connectivity index (χ3n) is 2.32. The standard InChI is InChI=1S/C12H7BrF2OS/c13-9-1-2-10(14)8(12(9)15)5-11(16)7-3-4-17-6-7/h1-4,6H,5H2. The van der Waals surface area contributed by atoms with Crippen molar-refractivity contribution < 1.29 is 13.6 Å². The molecule has 0 spiro atoms. The average molecular weight is 317 g/mol. The number of ketones is 1. The first-order valence-electron chi connectivity index (χ1n) is 4.77. The van der Waals surface area contributed by atoms with Crippen LogP contribution >= 0.6 is 27.3 Å². The number of rotatable bonds is 3. The largest absolute Gasteiger partial charge is 0.294 e. The van der Waals surface area contributed by atoms with Crippen molar-refractivity contribution in [1.82, 2.24) is 0 Å². The Kier molecular flexibility index (Phi) is 3.69. The molecule has 1 heterocycles. The molecule has 0 aliphatic rings. The summed E-state index contributed by atoms with van der Waals surface area (Å²) in [5.41, 5.74) is 0.282. The summed E-state index contributed by atoms with van der Waals surface area (Å²) < 4.78 is 27.2. The van der Waals surface area contributed by atoms with E-state index in [0.717, 1.165) is 6.07 Å². The number of hydrogen-bond donors (Lipinski definition) is 0. The Hall–Kier alpha value is -1.07. The molecule has 0 aliphatic carbocycles. The predicted molar refractivity (Wildman–Crippen MR) is 66.4 cm³/mol. The highest BCUT2D eigenvalue weighted by molar-refractivity contribution is 9.10. The monoisotopic (exact) mass is 316 g/mol. The summed E-state index contributed by atoms with van der Waals surface area (Å²) in [5.74, 6) is -1.70. The second-order valence-corrected chi connectivity index (χ2v) is 5.07. The smallest absolute Gasteiger partial charge is 0.168 e. The molecule has 1 aromatic heterocycles. The van der Waals surface area contributed by atoms with Gasteiger partial charge in [-0.05, 0) is 39.5 Å². The number of carbonyl (C=O) groups excluding carboxylic acids is 1. The number of benzene rings is 1. The maximum atomic E-state index is 13.6. The number of hydrogen-bond acceptors (Lipinski definition) is 2. The highest BCUT2D eigenvalue weighted by Crippen LogP contribution is 2.23. The number of carbonyl (C=O) groups is 1. The Morgan fingerprint density at radius 3 is 2.71 bits per heavy atom. The SMILES string of the molecule is O=C(Cc1c(F)ccc(Br)c1F)c1ccsc1. The molecule has 0 saturated carbocycles. The fraction of sp³-hybridized carbons (Fsp3) is 0.0833. The van der Waals surface area contributed by atoms with E-state index < -0.39 is 11.6 Å². The average Bonchev–Trinajstić information content (AvgIpc) is 2.83. The maximum absolute atomic E-state index is 13.6. The molecule has 0 fully saturated rings. The van der Waals surface area contributed by atoms with Crippen LogP contribution in [0.25, 0.3) is 0 Å². The molecule has 0 radical (unpaired) electrons. The summed E-state index contributed by atoms with van der Waals surface area (Å²) in [6.07, 6.45) is -0.270. The minimum atomic E-state index is -0.714. The molecule has 0 amide bonds. The lowest BCUT2D eigenvalue weighted by Crippen LogP contribution is -2.06. The van der Waals surface area contributed by atoms with Crippen LogP contribution < -0.4 is 0 Å². The van der Waals surface area contributed by atoms with Crippen molar-refractivity contribution in [2.75, 3.05) is 0 Å². The van der Waals surface area contributed by atoms with Crippen molar-refractivity contribution in [2.45, 2.75) is 6.42 Å². The van der Waals surface area contributed by atoms with E-state index in [1.165, 1.54) is 17.4 Å². The van der Waals surface area contributed by atoms with Crippen LogP contribution in [0.2, 0.25) is 0 Å². The fourth-order valence-corrected chi connectivity index (χ4v) is 2.45. The van der Waals surface area contributed by atoms with Gasteiger partial charge in [0.15, 0.2) is 5.78 Å². The zero-order valence-corrected chi connectivity index (χ0v) is 10.9. The summed E-state index contributed by atoms with van der Waals surface area (Å²) >= 11 is 4.34. The summed E-state index contributed by atoms with van der Waals surface area (Å²) in [7, 11) is 0. The molecule has 0 bridgehead atoms. The first kappa shape index (κ1) is 12.4. The Balaban J connectivity index is 2.31. The Labute approximate surface area is 109 Å². The predicted octanol–water partition coefficient (Wildman–Crippen LogP) is 4.21. The van der Waals surface area contributed by atoms with Gasteiger partial charge in [0.25, 0.3) is 0 Å². The minimum absolute atomic E-state index is 0.159. The zero-order valence-electron chi connectivity index (χ0n) is 8.54. The first-order valence-corrected chi connectivity index (χ1v) is 6.51. The first-order chi connectivity index (χ1) is 8.09. The lowest BCUT2D eigenvalue weighted by Gasteiger charge is -2.05.